The molecule has 0 unspecified atom stereocenters. The Hall–Kier alpha value is -1.31. The van der Waals surface area contributed by atoms with Gasteiger partial charge in [0, 0.05) is 12.4 Å². The fourth-order valence-electron chi connectivity index (χ4n) is 1.16. The Labute approximate surface area is 65.5 Å². The highest BCUT2D eigenvalue weighted by Gasteiger charge is 1.95. The Morgan fingerprint density at radius 2 is 2.18 bits per heavy atom. The molecule has 2 nitrogen and oxygen atoms in total. The smallest absolute Gasteiger partial charge is 0.136 e. The first-order valence-electron chi connectivity index (χ1n) is 3.53. The van der Waals surface area contributed by atoms with Gasteiger partial charge in [-0.2, -0.15) is 0 Å². The summed E-state index contributed by atoms with van der Waals surface area (Å²) in [6.45, 7) is 5.81. The van der Waals surface area contributed by atoms with E-state index in [4.69, 9.17) is 0 Å². The lowest BCUT2D eigenvalue weighted by Crippen LogP contribution is -1.82. The average molecular weight is 145 g/mol. The van der Waals surface area contributed by atoms with Gasteiger partial charge in [-0.1, -0.05) is 6.07 Å². The van der Waals surface area contributed by atoms with Gasteiger partial charge < -0.3 is 4.40 Å². The van der Waals surface area contributed by atoms with Crippen molar-refractivity contribution in [3.63, 3.8) is 0 Å². The summed E-state index contributed by atoms with van der Waals surface area (Å²) in [5.74, 6) is 0. The van der Waals surface area contributed by atoms with Gasteiger partial charge in [0.2, 0.25) is 0 Å². The summed E-state index contributed by atoms with van der Waals surface area (Å²) in [6.07, 6.45) is 3.96. The van der Waals surface area contributed by atoms with E-state index in [1.807, 2.05) is 28.9 Å². The minimum Gasteiger partial charge on any atom is -0.307 e. The standard InChI is InChI=1S/C9H9N2/c1-7-3-4-9-10-8(2)6-11(9)5-7/h3-6H,2H2,1H3. The van der Waals surface area contributed by atoms with Crippen LogP contribution >= 0.6 is 0 Å². The molecule has 11 heavy (non-hydrogen) atoms. The molecule has 1 radical (unpaired) electrons. The minimum absolute atomic E-state index is 0.815. The van der Waals surface area contributed by atoms with Gasteiger partial charge in [-0.15, -0.1) is 0 Å². The third-order valence-corrected chi connectivity index (χ3v) is 1.65. The fourth-order valence-corrected chi connectivity index (χ4v) is 1.16. The first-order chi connectivity index (χ1) is 5.25. The highest BCUT2D eigenvalue weighted by Crippen LogP contribution is 2.05. The topological polar surface area (TPSA) is 17.3 Å². The van der Waals surface area contributed by atoms with Crippen LogP contribution in [-0.4, -0.2) is 9.38 Å². The maximum Gasteiger partial charge on any atom is 0.136 e. The maximum atomic E-state index is 4.21. The summed E-state index contributed by atoms with van der Waals surface area (Å²) in [5.41, 5.74) is 3.01. The lowest BCUT2D eigenvalue weighted by Gasteiger charge is -1.92. The van der Waals surface area contributed by atoms with Crippen molar-refractivity contribution in [2.24, 2.45) is 0 Å². The van der Waals surface area contributed by atoms with Crippen molar-refractivity contribution < 1.29 is 0 Å². The second-order valence-electron chi connectivity index (χ2n) is 2.70. The third-order valence-electron chi connectivity index (χ3n) is 1.65. The monoisotopic (exact) mass is 145 g/mol. The van der Waals surface area contributed by atoms with Crippen molar-refractivity contribution in [2.75, 3.05) is 0 Å². The van der Waals surface area contributed by atoms with Gasteiger partial charge in [-0.25, -0.2) is 4.98 Å². The predicted octanol–water partition coefficient (Wildman–Crippen LogP) is 1.82. The number of fused-ring (bicyclic) bond motifs is 1. The van der Waals surface area contributed by atoms with Gasteiger partial charge in [0.05, 0.1) is 5.69 Å². The molecule has 2 heterocycles. The van der Waals surface area contributed by atoms with Crippen molar-refractivity contribution in [1.82, 2.24) is 9.38 Å². The normalized spacial score (nSPS) is 10.7. The van der Waals surface area contributed by atoms with E-state index in [0.29, 0.717) is 0 Å². The third kappa shape index (κ3) is 1.00. The van der Waals surface area contributed by atoms with Crippen molar-refractivity contribution >= 4 is 5.65 Å². The summed E-state index contributed by atoms with van der Waals surface area (Å²) in [5, 5.41) is 0. The quantitative estimate of drug-likeness (QED) is 0.552. The van der Waals surface area contributed by atoms with Gasteiger partial charge in [0.25, 0.3) is 0 Å². The van der Waals surface area contributed by atoms with Crippen molar-refractivity contribution in [3.05, 3.63) is 42.7 Å². The average Bonchev–Trinajstić information content (AvgIpc) is 2.27. The van der Waals surface area contributed by atoms with Crippen molar-refractivity contribution in [1.29, 1.82) is 0 Å². The van der Waals surface area contributed by atoms with Crippen LogP contribution in [0.1, 0.15) is 11.3 Å². The summed E-state index contributed by atoms with van der Waals surface area (Å²) in [6, 6.07) is 4.03. The molecule has 2 aromatic rings. The van der Waals surface area contributed by atoms with E-state index in [1.165, 1.54) is 5.56 Å². The van der Waals surface area contributed by atoms with E-state index in [2.05, 4.69) is 18.8 Å². The Bertz CT molecular complexity index is 387. The second-order valence-corrected chi connectivity index (χ2v) is 2.70. The summed E-state index contributed by atoms with van der Waals surface area (Å²) < 4.78 is 1.98. The number of hydrogen-bond acceptors (Lipinski definition) is 1. The van der Waals surface area contributed by atoms with Crippen LogP contribution in [0.4, 0.5) is 0 Å². The number of aryl methyl sites for hydroxylation is 1. The van der Waals surface area contributed by atoms with Gasteiger partial charge in [0.1, 0.15) is 5.65 Å². The Kier molecular flexibility index (Phi) is 1.22. The van der Waals surface area contributed by atoms with E-state index < -0.39 is 0 Å². The van der Waals surface area contributed by atoms with E-state index in [1.54, 1.807) is 0 Å². The molecule has 0 bridgehead atoms. The number of pyridine rings is 1. The van der Waals surface area contributed by atoms with Crippen LogP contribution in [-0.2, 0) is 0 Å². The Balaban J connectivity index is 2.82. The van der Waals surface area contributed by atoms with Crippen molar-refractivity contribution in [2.45, 2.75) is 6.92 Å². The zero-order chi connectivity index (χ0) is 7.84. The molecule has 55 valence electrons. The number of nitrogens with zero attached hydrogens (tertiary/aromatic N) is 2. The predicted molar refractivity (Wildman–Crippen MR) is 44.4 cm³/mol. The van der Waals surface area contributed by atoms with Crippen LogP contribution < -0.4 is 0 Å². The molecule has 2 aromatic heterocycles. The molecule has 0 aliphatic heterocycles. The van der Waals surface area contributed by atoms with Crippen LogP contribution in [0.2, 0.25) is 0 Å². The summed E-state index contributed by atoms with van der Waals surface area (Å²) >= 11 is 0. The van der Waals surface area contributed by atoms with Gasteiger partial charge in [0.15, 0.2) is 0 Å². The van der Waals surface area contributed by atoms with E-state index in [-0.39, 0.29) is 0 Å². The number of hydrogen-bond donors (Lipinski definition) is 0. The number of imidazole rings is 1. The Morgan fingerprint density at radius 3 is 3.00 bits per heavy atom. The molecule has 0 aliphatic rings. The summed E-state index contributed by atoms with van der Waals surface area (Å²) in [7, 11) is 0. The lowest BCUT2D eigenvalue weighted by atomic mass is 10.3. The van der Waals surface area contributed by atoms with Crippen LogP contribution in [0.15, 0.2) is 24.5 Å². The lowest BCUT2D eigenvalue weighted by molar-refractivity contribution is 1.16. The first kappa shape index (κ1) is 6.40. The molecule has 2 rings (SSSR count). The summed E-state index contributed by atoms with van der Waals surface area (Å²) in [4.78, 5) is 4.21. The fraction of sp³-hybridized carbons (Fsp3) is 0.111. The van der Waals surface area contributed by atoms with Crippen LogP contribution in [0, 0.1) is 13.8 Å². The molecule has 0 spiro atoms. The minimum atomic E-state index is 0.815. The molecule has 2 heteroatoms. The molecule has 0 saturated carbocycles. The van der Waals surface area contributed by atoms with Gasteiger partial charge >= 0.3 is 0 Å². The molecule has 0 atom stereocenters. The van der Waals surface area contributed by atoms with Crippen LogP contribution in [0.3, 0.4) is 0 Å². The molecular weight excluding hydrogens is 136 g/mol. The molecule has 0 aliphatic carbocycles. The molecule has 0 aromatic carbocycles. The largest absolute Gasteiger partial charge is 0.307 e. The number of aromatic nitrogens is 2. The highest BCUT2D eigenvalue weighted by molar-refractivity contribution is 5.41. The highest BCUT2D eigenvalue weighted by atomic mass is 15.0. The molecule has 0 amide bonds. The second kappa shape index (κ2) is 2.09. The zero-order valence-electron chi connectivity index (χ0n) is 6.41. The molecule has 0 saturated heterocycles. The van der Waals surface area contributed by atoms with Gasteiger partial charge in [-0.05, 0) is 25.5 Å². The van der Waals surface area contributed by atoms with Crippen LogP contribution in [0.5, 0.6) is 0 Å². The van der Waals surface area contributed by atoms with E-state index in [0.717, 1.165) is 11.3 Å². The maximum absolute atomic E-state index is 4.21. The SMILES string of the molecule is [CH2]c1cn2cc(C)ccc2n1. The van der Waals surface area contributed by atoms with E-state index in [9.17, 15) is 0 Å². The Morgan fingerprint density at radius 1 is 1.36 bits per heavy atom. The molecule has 0 fully saturated rings. The first-order valence-corrected chi connectivity index (χ1v) is 3.53. The van der Waals surface area contributed by atoms with E-state index >= 15 is 0 Å². The van der Waals surface area contributed by atoms with Crippen molar-refractivity contribution in [3.8, 4) is 0 Å². The molecular formula is C9H9N2. The molecule has 0 N–H and O–H groups in total. The number of rotatable bonds is 0. The van der Waals surface area contributed by atoms with Crippen LogP contribution in [0.25, 0.3) is 5.65 Å². The van der Waals surface area contributed by atoms with Gasteiger partial charge in [-0.3, -0.25) is 0 Å². The zero-order valence-corrected chi connectivity index (χ0v) is 6.41.